The molecule has 0 heterocycles. The number of nitrogens with one attached hydrogen (secondary N) is 1. The number of nitrogens with two attached hydrogens (primary N) is 1. The Bertz CT molecular complexity index is 143. The molecule has 0 aliphatic heterocycles. The van der Waals surface area contributed by atoms with Crippen LogP contribution < -0.4 is 11.1 Å². The van der Waals surface area contributed by atoms with Crippen LogP contribution in [0.25, 0.3) is 0 Å². The van der Waals surface area contributed by atoms with Gasteiger partial charge in [-0.3, -0.25) is 4.99 Å². The van der Waals surface area contributed by atoms with Crippen LogP contribution in [0.2, 0.25) is 0 Å². The first-order chi connectivity index (χ1) is 6.20. The van der Waals surface area contributed by atoms with Crippen molar-refractivity contribution in [2.45, 2.75) is 52.5 Å². The maximum Gasteiger partial charge on any atom is 0.188 e. The summed E-state index contributed by atoms with van der Waals surface area (Å²) >= 11 is 0. The van der Waals surface area contributed by atoms with Gasteiger partial charge in [0.2, 0.25) is 0 Å². The quantitative estimate of drug-likeness (QED) is 0.490. The summed E-state index contributed by atoms with van der Waals surface area (Å²) in [6.07, 6.45) is 4.69. The first-order valence-corrected chi connectivity index (χ1v) is 5.27. The van der Waals surface area contributed by atoms with Crippen molar-refractivity contribution in [1.29, 1.82) is 0 Å². The molecule has 0 spiro atoms. The van der Waals surface area contributed by atoms with E-state index in [0.29, 0.717) is 12.0 Å². The number of hydrogen-bond acceptors (Lipinski definition) is 1. The van der Waals surface area contributed by atoms with Gasteiger partial charge in [0.1, 0.15) is 0 Å². The first kappa shape index (κ1) is 12.3. The summed E-state index contributed by atoms with van der Waals surface area (Å²) in [6, 6.07) is 0.445. The molecule has 0 fully saturated rings. The van der Waals surface area contributed by atoms with Gasteiger partial charge in [-0.25, -0.2) is 0 Å². The highest BCUT2D eigenvalue weighted by Gasteiger charge is 2.00. The average Bonchev–Trinajstić information content (AvgIpc) is 2.11. The molecule has 0 radical (unpaired) electrons. The zero-order valence-corrected chi connectivity index (χ0v) is 9.14. The number of aliphatic imine (C=N–C) groups is 1. The standard InChI is InChI=1S/C10H23N3/c1-4-6-7-9(3)13-10(11)12-8-5-2/h9H,4-8H2,1-3H3,(H3,11,12,13). The van der Waals surface area contributed by atoms with Crippen LogP contribution in [0.5, 0.6) is 0 Å². The molecule has 3 N–H and O–H groups in total. The summed E-state index contributed by atoms with van der Waals surface area (Å²) in [5, 5.41) is 3.18. The first-order valence-electron chi connectivity index (χ1n) is 5.27. The zero-order chi connectivity index (χ0) is 10.1. The minimum atomic E-state index is 0.445. The zero-order valence-electron chi connectivity index (χ0n) is 9.14. The number of nitrogens with zero attached hydrogens (tertiary/aromatic N) is 1. The molecule has 3 heteroatoms. The van der Waals surface area contributed by atoms with Crippen molar-refractivity contribution in [2.75, 3.05) is 6.54 Å². The lowest BCUT2D eigenvalue weighted by Crippen LogP contribution is -2.38. The second-order valence-corrected chi connectivity index (χ2v) is 3.45. The lowest BCUT2D eigenvalue weighted by atomic mass is 10.1. The summed E-state index contributed by atoms with van der Waals surface area (Å²) in [7, 11) is 0. The molecule has 1 unspecified atom stereocenters. The van der Waals surface area contributed by atoms with E-state index >= 15 is 0 Å². The van der Waals surface area contributed by atoms with Gasteiger partial charge in [0.25, 0.3) is 0 Å². The summed E-state index contributed by atoms with van der Waals surface area (Å²) < 4.78 is 0. The Labute approximate surface area is 81.8 Å². The lowest BCUT2D eigenvalue weighted by molar-refractivity contribution is 0.567. The van der Waals surface area contributed by atoms with Gasteiger partial charge in [0.15, 0.2) is 5.96 Å². The second-order valence-electron chi connectivity index (χ2n) is 3.45. The van der Waals surface area contributed by atoms with Gasteiger partial charge in [0.05, 0.1) is 0 Å². The minimum absolute atomic E-state index is 0.445. The highest BCUT2D eigenvalue weighted by molar-refractivity contribution is 5.78. The fourth-order valence-electron chi connectivity index (χ4n) is 1.11. The summed E-state index contributed by atoms with van der Waals surface area (Å²) in [5.41, 5.74) is 5.67. The molecule has 3 nitrogen and oxygen atoms in total. The second kappa shape index (κ2) is 7.90. The SMILES string of the molecule is CCCCC(C)NC(N)=NCCC. The predicted molar refractivity (Wildman–Crippen MR) is 58.9 cm³/mol. The summed E-state index contributed by atoms with van der Waals surface area (Å²) in [4.78, 5) is 4.17. The van der Waals surface area contributed by atoms with Crippen LogP contribution in [-0.2, 0) is 0 Å². The predicted octanol–water partition coefficient (Wildman–Crippen LogP) is 1.88. The smallest absolute Gasteiger partial charge is 0.188 e. The van der Waals surface area contributed by atoms with E-state index in [2.05, 4.69) is 31.1 Å². The Morgan fingerprint density at radius 3 is 2.62 bits per heavy atom. The molecular weight excluding hydrogens is 162 g/mol. The normalized spacial score (nSPS) is 14.2. The Morgan fingerprint density at radius 1 is 1.38 bits per heavy atom. The van der Waals surface area contributed by atoms with Crippen molar-refractivity contribution in [3.05, 3.63) is 0 Å². The fourth-order valence-corrected chi connectivity index (χ4v) is 1.11. The van der Waals surface area contributed by atoms with E-state index in [1.165, 1.54) is 19.3 Å². The van der Waals surface area contributed by atoms with Gasteiger partial charge in [-0.1, -0.05) is 26.7 Å². The van der Waals surface area contributed by atoms with Crippen LogP contribution in [-0.4, -0.2) is 18.5 Å². The lowest BCUT2D eigenvalue weighted by Gasteiger charge is -2.13. The molecule has 0 aliphatic rings. The third kappa shape index (κ3) is 7.62. The molecule has 1 atom stereocenters. The van der Waals surface area contributed by atoms with Crippen molar-refractivity contribution in [3.63, 3.8) is 0 Å². The number of unbranched alkanes of at least 4 members (excludes halogenated alkanes) is 1. The Balaban J connectivity index is 3.57. The minimum Gasteiger partial charge on any atom is -0.370 e. The Kier molecular flexibility index (Phi) is 7.45. The molecule has 78 valence electrons. The molecule has 0 saturated heterocycles. The average molecular weight is 185 g/mol. The van der Waals surface area contributed by atoms with Crippen molar-refractivity contribution in [1.82, 2.24) is 5.32 Å². The van der Waals surface area contributed by atoms with Crippen molar-refractivity contribution >= 4 is 5.96 Å². The monoisotopic (exact) mass is 185 g/mol. The molecule has 0 aromatic rings. The van der Waals surface area contributed by atoms with E-state index in [1.54, 1.807) is 0 Å². The summed E-state index contributed by atoms with van der Waals surface area (Å²) in [6.45, 7) is 7.25. The molecule has 0 rings (SSSR count). The van der Waals surface area contributed by atoms with Gasteiger partial charge in [-0.2, -0.15) is 0 Å². The van der Waals surface area contributed by atoms with Crippen LogP contribution in [0.15, 0.2) is 4.99 Å². The van der Waals surface area contributed by atoms with Crippen LogP contribution >= 0.6 is 0 Å². The highest BCUT2D eigenvalue weighted by atomic mass is 15.1. The number of hydrogen-bond donors (Lipinski definition) is 2. The molecular formula is C10H23N3. The summed E-state index contributed by atoms with van der Waals surface area (Å²) in [5.74, 6) is 0.588. The van der Waals surface area contributed by atoms with Crippen molar-refractivity contribution < 1.29 is 0 Å². The third-order valence-electron chi connectivity index (χ3n) is 1.89. The van der Waals surface area contributed by atoms with E-state index in [4.69, 9.17) is 5.73 Å². The molecule has 0 aromatic carbocycles. The molecule has 0 aliphatic carbocycles. The van der Waals surface area contributed by atoms with Gasteiger partial charge in [-0.15, -0.1) is 0 Å². The van der Waals surface area contributed by atoms with E-state index in [-0.39, 0.29) is 0 Å². The van der Waals surface area contributed by atoms with Crippen LogP contribution in [0.3, 0.4) is 0 Å². The molecule has 0 saturated carbocycles. The maximum absolute atomic E-state index is 5.67. The van der Waals surface area contributed by atoms with Gasteiger partial charge in [0, 0.05) is 12.6 Å². The maximum atomic E-state index is 5.67. The third-order valence-corrected chi connectivity index (χ3v) is 1.89. The van der Waals surface area contributed by atoms with Gasteiger partial charge < -0.3 is 11.1 Å². The Hall–Kier alpha value is -0.730. The van der Waals surface area contributed by atoms with E-state index in [1.807, 2.05) is 0 Å². The number of rotatable bonds is 6. The fraction of sp³-hybridized carbons (Fsp3) is 0.900. The van der Waals surface area contributed by atoms with Gasteiger partial charge >= 0.3 is 0 Å². The van der Waals surface area contributed by atoms with Gasteiger partial charge in [-0.05, 0) is 19.8 Å². The van der Waals surface area contributed by atoms with Crippen LogP contribution in [0, 0.1) is 0 Å². The van der Waals surface area contributed by atoms with E-state index in [9.17, 15) is 0 Å². The topological polar surface area (TPSA) is 50.4 Å². The Morgan fingerprint density at radius 2 is 2.08 bits per heavy atom. The van der Waals surface area contributed by atoms with Crippen molar-refractivity contribution in [2.24, 2.45) is 10.7 Å². The van der Waals surface area contributed by atoms with E-state index in [0.717, 1.165) is 13.0 Å². The van der Waals surface area contributed by atoms with Crippen LogP contribution in [0.4, 0.5) is 0 Å². The highest BCUT2D eigenvalue weighted by Crippen LogP contribution is 1.98. The van der Waals surface area contributed by atoms with Crippen LogP contribution in [0.1, 0.15) is 46.5 Å². The molecule has 0 bridgehead atoms. The van der Waals surface area contributed by atoms with Crippen molar-refractivity contribution in [3.8, 4) is 0 Å². The number of guanidine groups is 1. The molecule has 0 amide bonds. The molecule has 0 aromatic heterocycles. The van der Waals surface area contributed by atoms with E-state index < -0.39 is 0 Å². The molecule has 13 heavy (non-hydrogen) atoms. The largest absolute Gasteiger partial charge is 0.370 e.